The molecule has 106 valence electrons. The van der Waals surface area contributed by atoms with E-state index in [2.05, 4.69) is 10.0 Å². The second kappa shape index (κ2) is 6.74. The number of nitrogens with one attached hydrogen (secondary N) is 2. The van der Waals surface area contributed by atoms with Crippen molar-refractivity contribution >= 4 is 21.8 Å². The van der Waals surface area contributed by atoms with Crippen molar-refractivity contribution in [3.05, 3.63) is 24.3 Å². The summed E-state index contributed by atoms with van der Waals surface area (Å²) in [7, 11) is -3.37. The minimum Gasteiger partial charge on any atom is -0.316 e. The zero-order chi connectivity index (χ0) is 13.7. The van der Waals surface area contributed by atoms with E-state index in [0.717, 1.165) is 30.8 Å². The quantitative estimate of drug-likeness (QED) is 0.785. The van der Waals surface area contributed by atoms with Crippen LogP contribution in [0.3, 0.4) is 0 Å². The Kier molecular flexibility index (Phi) is 5.27. The number of rotatable bonds is 6. The van der Waals surface area contributed by atoms with Gasteiger partial charge in [-0.15, -0.1) is 11.8 Å². The molecule has 1 fully saturated rings. The number of sulfonamides is 1. The fourth-order valence-electron chi connectivity index (χ4n) is 2.21. The molecule has 2 N–H and O–H groups in total. The molecule has 0 saturated carbocycles. The third kappa shape index (κ3) is 4.21. The van der Waals surface area contributed by atoms with Crippen LogP contribution in [-0.2, 0) is 10.0 Å². The van der Waals surface area contributed by atoms with Gasteiger partial charge in [0.05, 0.1) is 4.90 Å². The average Bonchev–Trinajstić information content (AvgIpc) is 2.92. The Morgan fingerprint density at radius 2 is 2.32 bits per heavy atom. The van der Waals surface area contributed by atoms with Crippen LogP contribution in [0.1, 0.15) is 12.8 Å². The molecular weight excluding hydrogens is 280 g/mol. The van der Waals surface area contributed by atoms with Gasteiger partial charge in [0.25, 0.3) is 0 Å². The average molecular weight is 300 g/mol. The molecule has 19 heavy (non-hydrogen) atoms. The maximum atomic E-state index is 12.1. The van der Waals surface area contributed by atoms with Crippen LogP contribution in [0.4, 0.5) is 0 Å². The van der Waals surface area contributed by atoms with Crippen LogP contribution in [-0.4, -0.2) is 34.3 Å². The summed E-state index contributed by atoms with van der Waals surface area (Å²) in [5, 5.41) is 3.29. The summed E-state index contributed by atoms with van der Waals surface area (Å²) in [6.45, 7) is 2.56. The predicted molar refractivity (Wildman–Crippen MR) is 79.0 cm³/mol. The van der Waals surface area contributed by atoms with Crippen LogP contribution in [0.2, 0.25) is 0 Å². The molecule has 1 aromatic rings. The van der Waals surface area contributed by atoms with Crippen LogP contribution < -0.4 is 10.0 Å². The molecule has 1 heterocycles. The second-order valence-electron chi connectivity index (χ2n) is 4.72. The smallest absolute Gasteiger partial charge is 0.240 e. The summed E-state index contributed by atoms with van der Waals surface area (Å²) in [5.74, 6) is 0.597. The van der Waals surface area contributed by atoms with Crippen molar-refractivity contribution in [3.8, 4) is 0 Å². The van der Waals surface area contributed by atoms with E-state index in [0.29, 0.717) is 17.4 Å². The summed E-state index contributed by atoms with van der Waals surface area (Å²) in [4.78, 5) is 1.31. The summed E-state index contributed by atoms with van der Waals surface area (Å²) >= 11 is 1.54. The third-order valence-corrected chi connectivity index (χ3v) is 5.54. The first kappa shape index (κ1) is 14.8. The van der Waals surface area contributed by atoms with Crippen molar-refractivity contribution in [2.45, 2.75) is 22.6 Å². The number of thioether (sulfide) groups is 1. The molecule has 0 radical (unpaired) electrons. The van der Waals surface area contributed by atoms with Gasteiger partial charge in [0, 0.05) is 11.4 Å². The van der Waals surface area contributed by atoms with E-state index >= 15 is 0 Å². The molecule has 0 aliphatic carbocycles. The first-order valence-electron chi connectivity index (χ1n) is 6.46. The van der Waals surface area contributed by atoms with Gasteiger partial charge in [-0.3, -0.25) is 0 Å². The van der Waals surface area contributed by atoms with Crippen molar-refractivity contribution in [1.82, 2.24) is 10.0 Å². The lowest BCUT2D eigenvalue weighted by molar-refractivity contribution is 0.519. The Labute approximate surface area is 119 Å². The van der Waals surface area contributed by atoms with Crippen molar-refractivity contribution in [2.75, 3.05) is 25.9 Å². The van der Waals surface area contributed by atoms with Crippen LogP contribution in [0.5, 0.6) is 0 Å². The Morgan fingerprint density at radius 1 is 1.47 bits per heavy atom. The molecule has 1 aromatic carbocycles. The molecule has 1 aliphatic heterocycles. The van der Waals surface area contributed by atoms with Gasteiger partial charge in [0.2, 0.25) is 10.0 Å². The number of benzene rings is 1. The summed E-state index contributed by atoms with van der Waals surface area (Å²) in [6, 6.07) is 7.04. The molecule has 6 heteroatoms. The predicted octanol–water partition coefficient (Wildman–Crippen LogP) is 1.69. The molecule has 2 rings (SSSR count). The Bertz CT molecular complexity index is 511. The highest BCUT2D eigenvalue weighted by molar-refractivity contribution is 7.98. The van der Waals surface area contributed by atoms with E-state index in [1.165, 1.54) is 0 Å². The van der Waals surface area contributed by atoms with Gasteiger partial charge in [-0.05, 0) is 56.3 Å². The molecule has 1 saturated heterocycles. The Balaban J connectivity index is 1.93. The van der Waals surface area contributed by atoms with E-state index in [4.69, 9.17) is 0 Å². The SMILES string of the molecule is CSc1cccc(S(=O)(=O)NCCC2CCNC2)c1. The summed E-state index contributed by atoms with van der Waals surface area (Å²) in [6.07, 6.45) is 3.98. The highest BCUT2D eigenvalue weighted by Gasteiger charge is 2.17. The van der Waals surface area contributed by atoms with Crippen molar-refractivity contribution in [1.29, 1.82) is 0 Å². The number of hydrogen-bond donors (Lipinski definition) is 2. The molecule has 0 bridgehead atoms. The summed E-state index contributed by atoms with van der Waals surface area (Å²) < 4.78 is 27.0. The van der Waals surface area contributed by atoms with Gasteiger partial charge in [-0.1, -0.05) is 6.07 Å². The van der Waals surface area contributed by atoms with E-state index in [1.54, 1.807) is 30.0 Å². The Morgan fingerprint density at radius 3 is 3.00 bits per heavy atom. The highest BCUT2D eigenvalue weighted by atomic mass is 32.2. The monoisotopic (exact) mass is 300 g/mol. The first-order chi connectivity index (χ1) is 9.12. The topological polar surface area (TPSA) is 58.2 Å². The third-order valence-electron chi connectivity index (χ3n) is 3.36. The van der Waals surface area contributed by atoms with Crippen molar-refractivity contribution in [2.24, 2.45) is 5.92 Å². The summed E-state index contributed by atoms with van der Waals surface area (Å²) in [5.41, 5.74) is 0. The standard InChI is InChI=1S/C13H20N2O2S2/c1-18-12-3-2-4-13(9-12)19(16,17)15-8-6-11-5-7-14-10-11/h2-4,9,11,14-15H,5-8,10H2,1H3. The lowest BCUT2D eigenvalue weighted by Gasteiger charge is -2.10. The zero-order valence-electron chi connectivity index (χ0n) is 11.1. The minimum absolute atomic E-state index is 0.351. The Hall–Kier alpha value is -0.560. The first-order valence-corrected chi connectivity index (χ1v) is 9.17. The van der Waals surface area contributed by atoms with Crippen LogP contribution in [0, 0.1) is 5.92 Å². The fraction of sp³-hybridized carbons (Fsp3) is 0.538. The van der Waals surface area contributed by atoms with Gasteiger partial charge >= 0.3 is 0 Å². The zero-order valence-corrected chi connectivity index (χ0v) is 12.7. The fourth-order valence-corrected chi connectivity index (χ4v) is 3.84. The van der Waals surface area contributed by atoms with Gasteiger partial charge < -0.3 is 5.32 Å². The minimum atomic E-state index is -3.37. The largest absolute Gasteiger partial charge is 0.316 e. The molecule has 1 unspecified atom stereocenters. The molecular formula is C13H20N2O2S2. The van der Waals surface area contributed by atoms with Gasteiger partial charge in [0.1, 0.15) is 0 Å². The molecule has 0 aromatic heterocycles. The molecule has 4 nitrogen and oxygen atoms in total. The molecule has 1 aliphatic rings. The highest BCUT2D eigenvalue weighted by Crippen LogP contribution is 2.19. The lowest BCUT2D eigenvalue weighted by Crippen LogP contribution is -2.26. The van der Waals surface area contributed by atoms with Gasteiger partial charge in [-0.2, -0.15) is 0 Å². The van der Waals surface area contributed by atoms with E-state index < -0.39 is 10.0 Å². The maximum absolute atomic E-state index is 12.1. The molecule has 1 atom stereocenters. The normalized spacial score (nSPS) is 19.7. The second-order valence-corrected chi connectivity index (χ2v) is 7.37. The van der Waals surface area contributed by atoms with Crippen LogP contribution >= 0.6 is 11.8 Å². The maximum Gasteiger partial charge on any atom is 0.240 e. The molecule has 0 spiro atoms. The van der Waals surface area contributed by atoms with Crippen molar-refractivity contribution < 1.29 is 8.42 Å². The van der Waals surface area contributed by atoms with E-state index in [1.807, 2.05) is 12.3 Å². The molecule has 0 amide bonds. The van der Waals surface area contributed by atoms with Crippen LogP contribution in [0.15, 0.2) is 34.1 Å². The lowest BCUT2D eigenvalue weighted by atomic mass is 10.1. The van der Waals surface area contributed by atoms with Gasteiger partial charge in [0.15, 0.2) is 0 Å². The van der Waals surface area contributed by atoms with Gasteiger partial charge in [-0.25, -0.2) is 13.1 Å². The van der Waals surface area contributed by atoms with Crippen molar-refractivity contribution in [3.63, 3.8) is 0 Å². The van der Waals surface area contributed by atoms with E-state index in [-0.39, 0.29) is 0 Å². The van der Waals surface area contributed by atoms with E-state index in [9.17, 15) is 8.42 Å². The number of hydrogen-bond acceptors (Lipinski definition) is 4. The van der Waals surface area contributed by atoms with Crippen LogP contribution in [0.25, 0.3) is 0 Å².